The van der Waals surface area contributed by atoms with Gasteiger partial charge in [-0.1, -0.05) is 29.8 Å². The molecule has 0 fully saturated rings. The van der Waals surface area contributed by atoms with Gasteiger partial charge >= 0.3 is 0 Å². The Morgan fingerprint density at radius 3 is 2.62 bits per heavy atom. The van der Waals surface area contributed by atoms with E-state index in [2.05, 4.69) is 40.0 Å². The van der Waals surface area contributed by atoms with Crippen LogP contribution in [0.15, 0.2) is 28.7 Å². The average molecular weight is 283 g/mol. The highest BCUT2D eigenvalue weighted by molar-refractivity contribution is 9.10. The summed E-state index contributed by atoms with van der Waals surface area (Å²) in [5.41, 5.74) is 2.18. The second-order valence-corrected chi connectivity index (χ2v) is 4.90. The van der Waals surface area contributed by atoms with E-state index in [1.807, 2.05) is 12.1 Å². The lowest BCUT2D eigenvalue weighted by atomic mass is 10.1. The van der Waals surface area contributed by atoms with Crippen LogP contribution in [0.3, 0.4) is 0 Å². The molecule has 84 valence electrons. The molecule has 1 aromatic heterocycles. The predicted molar refractivity (Wildman–Crippen MR) is 65.8 cm³/mol. The van der Waals surface area contributed by atoms with Crippen LogP contribution in [-0.2, 0) is 0 Å². The maximum atomic E-state index is 13.7. The Morgan fingerprint density at radius 2 is 2.06 bits per heavy atom. The summed E-state index contributed by atoms with van der Waals surface area (Å²) < 4.78 is 14.4. The van der Waals surface area contributed by atoms with Crippen molar-refractivity contribution in [2.75, 3.05) is 0 Å². The first-order valence-corrected chi connectivity index (χ1v) is 5.88. The highest BCUT2D eigenvalue weighted by Gasteiger charge is 2.10. The van der Waals surface area contributed by atoms with Crippen molar-refractivity contribution in [3.05, 3.63) is 40.2 Å². The first-order valence-electron chi connectivity index (χ1n) is 5.08. The minimum atomic E-state index is -0.267. The number of aromatic amines is 1. The van der Waals surface area contributed by atoms with Gasteiger partial charge in [-0.2, -0.15) is 5.10 Å². The van der Waals surface area contributed by atoms with Crippen LogP contribution >= 0.6 is 15.9 Å². The lowest BCUT2D eigenvalue weighted by Gasteiger charge is -1.99. The molecule has 2 rings (SSSR count). The summed E-state index contributed by atoms with van der Waals surface area (Å²) in [5, 5.41) is 7.04. The molecule has 0 radical (unpaired) electrons. The van der Waals surface area contributed by atoms with Crippen LogP contribution in [0, 0.1) is 5.82 Å². The molecule has 0 atom stereocenters. The first-order chi connectivity index (χ1) is 7.58. The third-order valence-electron chi connectivity index (χ3n) is 2.43. The molecule has 1 heterocycles. The topological polar surface area (TPSA) is 28.7 Å². The average Bonchev–Trinajstić information content (AvgIpc) is 2.66. The van der Waals surface area contributed by atoms with Crippen molar-refractivity contribution in [3.8, 4) is 11.3 Å². The largest absolute Gasteiger partial charge is 0.282 e. The van der Waals surface area contributed by atoms with E-state index in [0.29, 0.717) is 17.2 Å². The maximum absolute atomic E-state index is 13.7. The number of hydrogen-bond acceptors (Lipinski definition) is 1. The van der Waals surface area contributed by atoms with Gasteiger partial charge in [0.25, 0.3) is 0 Å². The molecule has 2 nitrogen and oxygen atoms in total. The summed E-state index contributed by atoms with van der Waals surface area (Å²) in [4.78, 5) is 0. The van der Waals surface area contributed by atoms with Crippen LogP contribution in [0.5, 0.6) is 0 Å². The van der Waals surface area contributed by atoms with Gasteiger partial charge in [0.15, 0.2) is 0 Å². The summed E-state index contributed by atoms with van der Waals surface area (Å²) in [5.74, 6) is 0.0935. The number of aromatic nitrogens is 2. The molecule has 0 amide bonds. The van der Waals surface area contributed by atoms with Gasteiger partial charge in [0, 0.05) is 15.7 Å². The van der Waals surface area contributed by atoms with Crippen LogP contribution < -0.4 is 0 Å². The molecule has 0 bridgehead atoms. The van der Waals surface area contributed by atoms with Gasteiger partial charge in [0.1, 0.15) is 5.82 Å². The molecular formula is C12H12BrFN2. The molecule has 4 heteroatoms. The van der Waals surface area contributed by atoms with Crippen molar-refractivity contribution in [3.63, 3.8) is 0 Å². The second kappa shape index (κ2) is 4.37. The summed E-state index contributed by atoms with van der Waals surface area (Å²) in [6.07, 6.45) is 0. The Bertz CT molecular complexity index is 505. The fraction of sp³-hybridized carbons (Fsp3) is 0.250. The van der Waals surface area contributed by atoms with Crippen molar-refractivity contribution < 1.29 is 4.39 Å². The molecule has 1 aromatic carbocycles. The van der Waals surface area contributed by atoms with Gasteiger partial charge in [-0.25, -0.2) is 4.39 Å². The Morgan fingerprint density at radius 1 is 1.31 bits per heavy atom. The van der Waals surface area contributed by atoms with E-state index in [1.54, 1.807) is 6.07 Å². The molecule has 0 spiro atoms. The van der Waals surface area contributed by atoms with E-state index in [-0.39, 0.29) is 5.82 Å². The number of benzene rings is 1. The minimum Gasteiger partial charge on any atom is -0.282 e. The molecule has 0 aliphatic rings. The highest BCUT2D eigenvalue weighted by Crippen LogP contribution is 2.25. The third-order valence-corrected chi connectivity index (χ3v) is 2.92. The summed E-state index contributed by atoms with van der Waals surface area (Å²) in [7, 11) is 0. The van der Waals surface area contributed by atoms with Gasteiger partial charge < -0.3 is 0 Å². The van der Waals surface area contributed by atoms with E-state index >= 15 is 0 Å². The molecular weight excluding hydrogens is 271 g/mol. The number of nitrogens with zero attached hydrogens (tertiary/aromatic N) is 1. The van der Waals surface area contributed by atoms with Crippen LogP contribution in [0.25, 0.3) is 11.3 Å². The molecule has 16 heavy (non-hydrogen) atoms. The number of rotatable bonds is 2. The number of halogens is 2. The molecule has 0 aliphatic heterocycles. The Labute approximate surface area is 102 Å². The summed E-state index contributed by atoms with van der Waals surface area (Å²) in [6, 6.07) is 6.86. The lowest BCUT2D eigenvalue weighted by Crippen LogP contribution is -1.85. The van der Waals surface area contributed by atoms with E-state index in [9.17, 15) is 4.39 Å². The van der Waals surface area contributed by atoms with Crippen molar-refractivity contribution in [1.82, 2.24) is 10.2 Å². The van der Waals surface area contributed by atoms with Crippen LogP contribution in [0.4, 0.5) is 4.39 Å². The highest BCUT2D eigenvalue weighted by atomic mass is 79.9. The van der Waals surface area contributed by atoms with Crippen LogP contribution in [0.2, 0.25) is 0 Å². The molecule has 0 saturated carbocycles. The molecule has 1 N–H and O–H groups in total. The zero-order valence-corrected chi connectivity index (χ0v) is 10.7. The van der Waals surface area contributed by atoms with E-state index < -0.39 is 0 Å². The van der Waals surface area contributed by atoms with Crippen molar-refractivity contribution in [1.29, 1.82) is 0 Å². The summed E-state index contributed by atoms with van der Waals surface area (Å²) in [6.45, 7) is 4.13. The van der Waals surface area contributed by atoms with Crippen LogP contribution in [-0.4, -0.2) is 10.2 Å². The lowest BCUT2D eigenvalue weighted by molar-refractivity contribution is 0.630. The quantitative estimate of drug-likeness (QED) is 0.883. The van der Waals surface area contributed by atoms with Crippen molar-refractivity contribution in [2.45, 2.75) is 19.8 Å². The van der Waals surface area contributed by atoms with E-state index in [4.69, 9.17) is 0 Å². The van der Waals surface area contributed by atoms with Gasteiger partial charge in [-0.15, -0.1) is 0 Å². The minimum absolute atomic E-state index is 0.267. The predicted octanol–water partition coefficient (Wildman–Crippen LogP) is 4.10. The SMILES string of the molecule is CC(C)c1cc(-c2ccc(Br)cc2F)n[nH]1. The van der Waals surface area contributed by atoms with E-state index in [0.717, 1.165) is 10.2 Å². The van der Waals surface area contributed by atoms with Gasteiger partial charge in [-0.05, 0) is 30.2 Å². The zero-order valence-electron chi connectivity index (χ0n) is 9.09. The van der Waals surface area contributed by atoms with Crippen LogP contribution in [0.1, 0.15) is 25.5 Å². The smallest absolute Gasteiger partial charge is 0.133 e. The third kappa shape index (κ3) is 2.16. The number of nitrogens with one attached hydrogen (secondary N) is 1. The van der Waals surface area contributed by atoms with E-state index in [1.165, 1.54) is 6.07 Å². The molecule has 0 unspecified atom stereocenters. The standard InChI is InChI=1S/C12H12BrFN2/c1-7(2)11-6-12(16-15-11)9-4-3-8(13)5-10(9)14/h3-7H,1-2H3,(H,15,16). The monoisotopic (exact) mass is 282 g/mol. The Balaban J connectivity index is 2.42. The van der Waals surface area contributed by atoms with Crippen molar-refractivity contribution >= 4 is 15.9 Å². The van der Waals surface area contributed by atoms with Gasteiger partial charge in [0.05, 0.1) is 5.69 Å². The Hall–Kier alpha value is -1.16. The Kier molecular flexibility index (Phi) is 3.10. The fourth-order valence-electron chi connectivity index (χ4n) is 1.47. The zero-order chi connectivity index (χ0) is 11.7. The molecule has 2 aromatic rings. The van der Waals surface area contributed by atoms with Crippen molar-refractivity contribution in [2.24, 2.45) is 0 Å². The summed E-state index contributed by atoms with van der Waals surface area (Å²) >= 11 is 3.23. The van der Waals surface area contributed by atoms with Gasteiger partial charge in [-0.3, -0.25) is 5.10 Å². The number of H-pyrrole nitrogens is 1. The second-order valence-electron chi connectivity index (χ2n) is 3.99. The molecule has 0 aliphatic carbocycles. The fourth-order valence-corrected chi connectivity index (χ4v) is 1.80. The first kappa shape index (κ1) is 11.3. The normalized spacial score (nSPS) is 11.1. The molecule has 0 saturated heterocycles. The number of hydrogen-bond donors (Lipinski definition) is 1. The maximum Gasteiger partial charge on any atom is 0.133 e. The van der Waals surface area contributed by atoms with Gasteiger partial charge in [0.2, 0.25) is 0 Å².